The molecule has 1 aliphatic heterocycles. The summed E-state index contributed by atoms with van der Waals surface area (Å²) >= 11 is 0. The highest BCUT2D eigenvalue weighted by Gasteiger charge is 2.46. The van der Waals surface area contributed by atoms with Crippen molar-refractivity contribution in [3.05, 3.63) is 332 Å². The van der Waals surface area contributed by atoms with Crippen molar-refractivity contribution in [1.29, 1.82) is 0 Å². The highest BCUT2D eigenvalue weighted by Crippen LogP contribution is 2.60. The molecule has 0 N–H and O–H groups in total. The van der Waals surface area contributed by atoms with Crippen LogP contribution in [-0.4, -0.2) is 11.3 Å². The zero-order valence-electron chi connectivity index (χ0n) is 83.0. The van der Waals surface area contributed by atoms with Gasteiger partial charge in [0.15, 0.2) is 0 Å². The largest absolute Gasteiger partial charge is 0.310 e. The number of rotatable bonds is 35. The molecule has 15 aromatic rings. The summed E-state index contributed by atoms with van der Waals surface area (Å²) in [6, 6.07) is 101. The van der Waals surface area contributed by atoms with Gasteiger partial charge in [0.25, 0.3) is 0 Å². The molecule has 5 aliphatic rings. The van der Waals surface area contributed by atoms with E-state index in [1.54, 1.807) is 22.3 Å². The van der Waals surface area contributed by atoms with E-state index in [1.165, 1.54) is 396 Å². The molecular formula is C131H142BN. The van der Waals surface area contributed by atoms with Crippen LogP contribution in [0.5, 0.6) is 0 Å². The van der Waals surface area contributed by atoms with Crippen LogP contribution in [0.1, 0.15) is 319 Å². The molecule has 0 unspecified atom stereocenters. The summed E-state index contributed by atoms with van der Waals surface area (Å²) in [6.07, 6.45) is 36.7. The Morgan fingerprint density at radius 2 is 0.541 bits per heavy atom. The average molecular weight is 1740 g/mol. The number of unbranched alkanes of at least 4 members (excludes halogenated alkanes) is 20. The summed E-state index contributed by atoms with van der Waals surface area (Å²) in [5.41, 5.74) is 55.7. The lowest BCUT2D eigenvalue weighted by molar-refractivity contribution is 0.398. The van der Waals surface area contributed by atoms with E-state index in [0.717, 1.165) is 0 Å². The van der Waals surface area contributed by atoms with Crippen molar-refractivity contribution in [2.75, 3.05) is 0 Å². The molecule has 1 nitrogen and oxygen atoms in total. The molecule has 133 heavy (non-hydrogen) atoms. The van der Waals surface area contributed by atoms with E-state index >= 15 is 0 Å². The molecule has 0 saturated carbocycles. The van der Waals surface area contributed by atoms with Crippen molar-refractivity contribution < 1.29 is 0 Å². The normalized spacial score (nSPS) is 14.4. The Morgan fingerprint density at radius 3 is 0.947 bits per heavy atom. The van der Waals surface area contributed by atoms with Crippen molar-refractivity contribution in [1.82, 2.24) is 4.57 Å². The number of hydrogen-bond acceptors (Lipinski definition) is 0. The van der Waals surface area contributed by atoms with Crippen LogP contribution < -0.4 is 16.4 Å². The number of fused-ring (bicyclic) bond motifs is 17. The maximum Gasteiger partial charge on any atom is 0.247 e. The fourth-order valence-corrected chi connectivity index (χ4v) is 26.5. The first-order chi connectivity index (χ1) is 64.7. The fourth-order valence-electron chi connectivity index (χ4n) is 26.5. The summed E-state index contributed by atoms with van der Waals surface area (Å²) in [7, 11) is 0. The SMILES string of the molecule is CCCCCCCCC1(CCCCCCCC)c2ccccc2-c2ccc(-c3ccc4c(c3)C(C)(C)c3cc(-c5cc(C)c(-c6ccc7c(c6)c6cc(-c8cc(C)c(-c9ccc%10c(c9)C(C)(C)c9cc(-c%11ccc%12c(c%11)C(CCCCCCCC)(CCCCCCCC)c%11ccccc%11-%12)ccc9-%10)cc8C)cc8c6n7-c6ccccc6B8c6c(C)cc(C)cc6C)cc5C)ccc3-4)cc21. The van der Waals surface area contributed by atoms with Gasteiger partial charge < -0.3 is 4.57 Å². The van der Waals surface area contributed by atoms with Gasteiger partial charge in [-0.05, 0) is 324 Å². The van der Waals surface area contributed by atoms with Gasteiger partial charge in [0.05, 0.1) is 5.52 Å². The summed E-state index contributed by atoms with van der Waals surface area (Å²) < 4.78 is 2.63. The minimum atomic E-state index is -0.207. The molecule has 0 bridgehead atoms. The lowest BCUT2D eigenvalue weighted by Gasteiger charge is -2.33. The topological polar surface area (TPSA) is 4.93 Å². The zero-order valence-corrected chi connectivity index (χ0v) is 83.0. The van der Waals surface area contributed by atoms with Crippen molar-refractivity contribution in [2.45, 2.75) is 305 Å². The smallest absolute Gasteiger partial charge is 0.247 e. The Hall–Kier alpha value is -11.1. The second-order valence-corrected chi connectivity index (χ2v) is 42.9. The second-order valence-electron chi connectivity index (χ2n) is 42.9. The van der Waals surface area contributed by atoms with Gasteiger partial charge in [0.2, 0.25) is 6.71 Å². The quantitative estimate of drug-likeness (QED) is 0.0276. The van der Waals surface area contributed by atoms with Crippen LogP contribution >= 0.6 is 0 Å². The first-order valence-electron chi connectivity index (χ1n) is 52.3. The minimum absolute atomic E-state index is 0.0275. The summed E-state index contributed by atoms with van der Waals surface area (Å²) in [5, 5.41) is 2.59. The van der Waals surface area contributed by atoms with Gasteiger partial charge in [-0.3, -0.25) is 0 Å². The Bertz CT molecular complexity index is 6940. The highest BCUT2D eigenvalue weighted by molar-refractivity contribution is 6.98. The molecule has 0 saturated heterocycles. The van der Waals surface area contributed by atoms with Gasteiger partial charge in [-0.2, -0.15) is 0 Å². The monoisotopic (exact) mass is 1740 g/mol. The molecule has 0 radical (unpaired) electrons. The predicted molar refractivity (Wildman–Crippen MR) is 577 cm³/mol. The van der Waals surface area contributed by atoms with Crippen LogP contribution in [0.3, 0.4) is 0 Å². The van der Waals surface area contributed by atoms with Crippen LogP contribution in [0.15, 0.2) is 249 Å². The summed E-state index contributed by atoms with van der Waals surface area (Å²) in [4.78, 5) is 0. The standard InChI is InChI=1S/C131H142BN/c1-16-20-24-28-32-42-66-130(67-43-33-29-25-21-17-2)114-48-38-36-46-100(114)106-61-54-94(80-120(106)130)92-52-59-102-104-63-56-97(82-118(104)128(12,13)116(102)78-92)109-73-86(6)108(72-87(109)7)96-58-65-124-112(76-96)113-77-99(84-123-127(113)133(124)125-51-41-40-50-122(125)132(123)126-90(10)70-85(5)71-91(126)11)111-75-88(8)110(74-89(111)9)98-57-64-105-103-60-53-93(79-117(103)129(14,15)119(105)83-98)95-55-62-107-101-47-37-39-49-115(101)131(121(107)81-95,68-44-34-30-26-22-18-3)69-45-35-31-27-23-19-4/h36-41,46-65,70-84H,16-35,42-45,66-69H2,1-15H3. The van der Waals surface area contributed by atoms with E-state index in [1.807, 2.05) is 0 Å². The molecule has 674 valence electrons. The predicted octanol–water partition coefficient (Wildman–Crippen LogP) is 35.9. The van der Waals surface area contributed by atoms with E-state index in [-0.39, 0.29) is 28.4 Å². The fraction of sp³-hybridized carbons (Fsp3) is 0.359. The van der Waals surface area contributed by atoms with Crippen LogP contribution in [0.4, 0.5) is 0 Å². The number of aromatic nitrogens is 1. The second kappa shape index (κ2) is 37.0. The molecule has 0 atom stereocenters. The summed E-state index contributed by atoms with van der Waals surface area (Å²) in [5.74, 6) is 0. The molecule has 14 aromatic carbocycles. The molecule has 2 heterocycles. The third kappa shape index (κ3) is 15.8. The highest BCUT2D eigenvalue weighted by atomic mass is 15.0. The van der Waals surface area contributed by atoms with Crippen molar-refractivity contribution in [3.8, 4) is 117 Å². The Morgan fingerprint density at radius 1 is 0.233 bits per heavy atom. The third-order valence-electron chi connectivity index (χ3n) is 33.5. The van der Waals surface area contributed by atoms with Crippen molar-refractivity contribution >= 4 is 44.9 Å². The van der Waals surface area contributed by atoms with Gasteiger partial charge >= 0.3 is 0 Å². The van der Waals surface area contributed by atoms with Crippen molar-refractivity contribution in [2.24, 2.45) is 0 Å². The van der Waals surface area contributed by atoms with E-state index in [2.05, 4.69) is 357 Å². The lowest BCUT2D eigenvalue weighted by atomic mass is 9.34. The average Bonchev–Trinajstić information content (AvgIpc) is 1.55. The molecule has 20 rings (SSSR count). The molecule has 1 aromatic heterocycles. The van der Waals surface area contributed by atoms with Gasteiger partial charge in [0.1, 0.15) is 0 Å². The van der Waals surface area contributed by atoms with E-state index in [9.17, 15) is 0 Å². The first-order valence-corrected chi connectivity index (χ1v) is 52.3. The third-order valence-corrected chi connectivity index (χ3v) is 33.5. The molecule has 0 fully saturated rings. The molecular weight excluding hydrogens is 1600 g/mol. The van der Waals surface area contributed by atoms with Gasteiger partial charge in [-0.15, -0.1) is 0 Å². The number of para-hydroxylation sites is 1. The van der Waals surface area contributed by atoms with Crippen LogP contribution in [0, 0.1) is 48.5 Å². The van der Waals surface area contributed by atoms with Crippen LogP contribution in [0.2, 0.25) is 0 Å². The van der Waals surface area contributed by atoms with Crippen molar-refractivity contribution in [3.63, 3.8) is 0 Å². The van der Waals surface area contributed by atoms with Crippen LogP contribution in [0.25, 0.3) is 139 Å². The molecule has 0 spiro atoms. The lowest BCUT2D eigenvalue weighted by Crippen LogP contribution is -2.57. The maximum absolute atomic E-state index is 2.66. The van der Waals surface area contributed by atoms with E-state index < -0.39 is 0 Å². The number of aryl methyl sites for hydroxylation is 7. The number of benzene rings is 14. The Kier molecular flexibility index (Phi) is 25.0. The van der Waals surface area contributed by atoms with Gasteiger partial charge in [-0.25, -0.2) is 0 Å². The number of hydrogen-bond donors (Lipinski definition) is 0. The molecule has 2 heteroatoms. The molecule has 4 aliphatic carbocycles. The van der Waals surface area contributed by atoms with Gasteiger partial charge in [0, 0.05) is 43.6 Å². The first kappa shape index (κ1) is 89.8. The Labute approximate surface area is 798 Å². The Balaban J connectivity index is 0.617. The van der Waals surface area contributed by atoms with Crippen LogP contribution in [-0.2, 0) is 21.7 Å². The van der Waals surface area contributed by atoms with Gasteiger partial charge in [-0.1, -0.05) is 420 Å². The van der Waals surface area contributed by atoms with E-state index in [4.69, 9.17) is 0 Å². The number of nitrogens with zero attached hydrogens (tertiary/aromatic N) is 1. The maximum atomic E-state index is 2.66. The minimum Gasteiger partial charge on any atom is -0.310 e. The molecule has 0 amide bonds. The summed E-state index contributed by atoms with van der Waals surface area (Å²) in [6.45, 7) is 35.7. The zero-order chi connectivity index (χ0) is 91.8. The van der Waals surface area contributed by atoms with E-state index in [0.29, 0.717) is 0 Å².